The summed E-state index contributed by atoms with van der Waals surface area (Å²) in [6.45, 7) is 2.73. The molecule has 0 saturated carbocycles. The first-order valence-electron chi connectivity index (χ1n) is 6.18. The van der Waals surface area contributed by atoms with Crippen molar-refractivity contribution in [2.45, 2.75) is 6.92 Å². The van der Waals surface area contributed by atoms with Crippen LogP contribution in [0.2, 0.25) is 0 Å². The van der Waals surface area contributed by atoms with Crippen LogP contribution in [0.15, 0.2) is 77.8 Å². The van der Waals surface area contributed by atoms with Crippen molar-refractivity contribution in [3.8, 4) is 0 Å². The molecule has 0 fully saturated rings. The minimum absolute atomic E-state index is 0.718. The molecule has 0 radical (unpaired) electrons. The molecular formula is C17H17N. The van der Waals surface area contributed by atoms with E-state index in [1.165, 1.54) is 0 Å². The molecule has 0 unspecified atom stereocenters. The summed E-state index contributed by atoms with van der Waals surface area (Å²) in [5.74, 6) is 0. The van der Waals surface area contributed by atoms with Crippen molar-refractivity contribution in [3.63, 3.8) is 0 Å². The number of aliphatic imine (C=N–C) groups is 1. The molecule has 2 aromatic rings. The van der Waals surface area contributed by atoms with Gasteiger partial charge in [0.15, 0.2) is 0 Å². The van der Waals surface area contributed by atoms with Crippen molar-refractivity contribution in [2.75, 3.05) is 6.54 Å². The van der Waals surface area contributed by atoms with E-state index in [1.54, 1.807) is 0 Å². The minimum atomic E-state index is 0.718. The van der Waals surface area contributed by atoms with E-state index in [9.17, 15) is 0 Å². The number of benzene rings is 2. The highest BCUT2D eigenvalue weighted by Crippen LogP contribution is 2.10. The predicted octanol–water partition coefficient (Wildman–Crippen LogP) is 4.10. The van der Waals surface area contributed by atoms with Gasteiger partial charge in [-0.2, -0.15) is 0 Å². The molecule has 2 rings (SSSR count). The molecule has 0 bridgehead atoms. The van der Waals surface area contributed by atoms with Crippen molar-refractivity contribution in [1.82, 2.24) is 0 Å². The number of nitrogens with zero attached hydrogens (tertiary/aromatic N) is 1. The lowest BCUT2D eigenvalue weighted by Gasteiger charge is -2.06. The summed E-state index contributed by atoms with van der Waals surface area (Å²) in [6.07, 6.45) is 4.09. The Labute approximate surface area is 109 Å². The topological polar surface area (TPSA) is 12.4 Å². The van der Waals surface area contributed by atoms with Gasteiger partial charge in [-0.3, -0.25) is 4.99 Å². The number of allylic oxidation sites excluding steroid dienone is 1. The summed E-state index contributed by atoms with van der Waals surface area (Å²) in [4.78, 5) is 4.68. The predicted molar refractivity (Wildman–Crippen MR) is 78.2 cm³/mol. The van der Waals surface area contributed by atoms with E-state index in [4.69, 9.17) is 0 Å². The van der Waals surface area contributed by atoms with Gasteiger partial charge in [-0.1, -0.05) is 72.8 Å². The maximum atomic E-state index is 4.68. The van der Waals surface area contributed by atoms with Gasteiger partial charge in [0.1, 0.15) is 0 Å². The maximum absolute atomic E-state index is 4.68. The first-order valence-corrected chi connectivity index (χ1v) is 6.18. The fourth-order valence-corrected chi connectivity index (χ4v) is 1.79. The van der Waals surface area contributed by atoms with Crippen LogP contribution in [0.3, 0.4) is 0 Å². The van der Waals surface area contributed by atoms with Gasteiger partial charge in [0.05, 0.1) is 12.3 Å². The van der Waals surface area contributed by atoms with E-state index in [-0.39, 0.29) is 0 Å². The van der Waals surface area contributed by atoms with Gasteiger partial charge in [0, 0.05) is 11.1 Å². The maximum Gasteiger partial charge on any atom is 0.0722 e. The Bertz CT molecular complexity index is 483. The van der Waals surface area contributed by atoms with E-state index < -0.39 is 0 Å². The van der Waals surface area contributed by atoms with Gasteiger partial charge in [-0.05, 0) is 6.92 Å². The monoisotopic (exact) mass is 235 g/mol. The largest absolute Gasteiger partial charge is 0.280 e. The van der Waals surface area contributed by atoms with Crippen molar-refractivity contribution in [3.05, 3.63) is 83.9 Å². The zero-order chi connectivity index (χ0) is 12.6. The van der Waals surface area contributed by atoms with Crippen molar-refractivity contribution in [2.24, 2.45) is 4.99 Å². The number of rotatable bonds is 4. The standard InChI is InChI=1S/C17H17N/c1-2-3-14-18-17(15-10-6-4-7-11-15)16-12-8-5-9-13-16/h2-13H,14H2,1H3/b3-2+. The van der Waals surface area contributed by atoms with Crippen LogP contribution >= 0.6 is 0 Å². The summed E-state index contributed by atoms with van der Waals surface area (Å²) in [7, 11) is 0. The van der Waals surface area contributed by atoms with Gasteiger partial charge < -0.3 is 0 Å². The first kappa shape index (κ1) is 12.3. The van der Waals surface area contributed by atoms with Gasteiger partial charge in [-0.15, -0.1) is 0 Å². The van der Waals surface area contributed by atoms with Crippen LogP contribution in [0.25, 0.3) is 0 Å². The van der Waals surface area contributed by atoms with E-state index in [0.29, 0.717) is 0 Å². The minimum Gasteiger partial charge on any atom is -0.280 e. The first-order chi connectivity index (χ1) is 8.92. The Morgan fingerprint density at radius 1 is 0.889 bits per heavy atom. The Morgan fingerprint density at radius 3 is 1.83 bits per heavy atom. The molecular weight excluding hydrogens is 218 g/mol. The third-order valence-corrected chi connectivity index (χ3v) is 2.68. The molecule has 2 aromatic carbocycles. The van der Waals surface area contributed by atoms with Crippen LogP contribution in [0.4, 0.5) is 0 Å². The zero-order valence-corrected chi connectivity index (χ0v) is 10.6. The van der Waals surface area contributed by atoms with Crippen molar-refractivity contribution >= 4 is 5.71 Å². The van der Waals surface area contributed by atoms with Crippen molar-refractivity contribution in [1.29, 1.82) is 0 Å². The summed E-state index contributed by atoms with van der Waals surface area (Å²) >= 11 is 0. The summed E-state index contributed by atoms with van der Waals surface area (Å²) < 4.78 is 0. The molecule has 0 aromatic heterocycles. The van der Waals surface area contributed by atoms with Gasteiger partial charge in [0.25, 0.3) is 0 Å². The molecule has 0 heterocycles. The van der Waals surface area contributed by atoms with Crippen LogP contribution in [0, 0.1) is 0 Å². The molecule has 0 amide bonds. The zero-order valence-electron chi connectivity index (χ0n) is 10.6. The average Bonchev–Trinajstić information content (AvgIpc) is 2.46. The summed E-state index contributed by atoms with van der Waals surface area (Å²) in [5, 5.41) is 0. The molecule has 1 nitrogen and oxygen atoms in total. The SMILES string of the molecule is C/C=C/CN=C(c1ccccc1)c1ccccc1. The highest BCUT2D eigenvalue weighted by Gasteiger charge is 2.04. The third kappa shape index (κ3) is 3.17. The highest BCUT2D eigenvalue weighted by atomic mass is 14.7. The highest BCUT2D eigenvalue weighted by molar-refractivity contribution is 6.12. The molecule has 0 aliphatic rings. The fraction of sp³-hybridized carbons (Fsp3) is 0.118. The summed E-state index contributed by atoms with van der Waals surface area (Å²) in [6, 6.07) is 20.6. The Balaban J connectivity index is 2.38. The molecule has 18 heavy (non-hydrogen) atoms. The van der Waals surface area contributed by atoms with Crippen LogP contribution in [0.1, 0.15) is 18.1 Å². The van der Waals surface area contributed by atoms with E-state index >= 15 is 0 Å². The molecule has 0 aliphatic heterocycles. The molecule has 90 valence electrons. The number of hydrogen-bond donors (Lipinski definition) is 0. The molecule has 0 N–H and O–H groups in total. The lowest BCUT2D eigenvalue weighted by molar-refractivity contribution is 1.23. The van der Waals surface area contributed by atoms with E-state index in [2.05, 4.69) is 35.3 Å². The second kappa shape index (κ2) is 6.55. The van der Waals surface area contributed by atoms with Crippen LogP contribution in [0.5, 0.6) is 0 Å². The second-order valence-electron chi connectivity index (χ2n) is 3.99. The smallest absolute Gasteiger partial charge is 0.0722 e. The van der Waals surface area contributed by atoms with Gasteiger partial charge >= 0.3 is 0 Å². The van der Waals surface area contributed by atoms with Gasteiger partial charge in [0.2, 0.25) is 0 Å². The van der Waals surface area contributed by atoms with Gasteiger partial charge in [-0.25, -0.2) is 0 Å². The van der Waals surface area contributed by atoms with E-state index in [1.807, 2.05) is 49.4 Å². The average molecular weight is 235 g/mol. The lowest BCUT2D eigenvalue weighted by Crippen LogP contribution is -2.03. The fourth-order valence-electron chi connectivity index (χ4n) is 1.79. The second-order valence-corrected chi connectivity index (χ2v) is 3.99. The lowest BCUT2D eigenvalue weighted by atomic mass is 10.0. The van der Waals surface area contributed by atoms with Crippen LogP contribution in [-0.4, -0.2) is 12.3 Å². The Morgan fingerprint density at radius 2 is 1.39 bits per heavy atom. The van der Waals surface area contributed by atoms with E-state index in [0.717, 1.165) is 23.4 Å². The molecule has 0 spiro atoms. The normalized spacial score (nSPS) is 10.5. The third-order valence-electron chi connectivity index (χ3n) is 2.68. The molecule has 0 aliphatic carbocycles. The Kier molecular flexibility index (Phi) is 4.48. The van der Waals surface area contributed by atoms with Crippen LogP contribution in [-0.2, 0) is 0 Å². The summed E-state index contributed by atoms with van der Waals surface area (Å²) in [5.41, 5.74) is 3.37. The Hall–Kier alpha value is -2.15. The van der Waals surface area contributed by atoms with Crippen molar-refractivity contribution < 1.29 is 0 Å². The molecule has 0 atom stereocenters. The quantitative estimate of drug-likeness (QED) is 0.559. The molecule has 1 heteroatoms. The molecule has 0 saturated heterocycles. The number of hydrogen-bond acceptors (Lipinski definition) is 1. The van der Waals surface area contributed by atoms with Crippen LogP contribution < -0.4 is 0 Å².